The Morgan fingerprint density at radius 2 is 2.35 bits per heavy atom. The molecular weight excluding hydrogens is 256 g/mol. The SMILES string of the molecule is CSCc1nnc2sc(-c3ccoc3C)nn12. The molecule has 0 amide bonds. The van der Waals surface area contributed by atoms with Gasteiger partial charge in [0.15, 0.2) is 10.8 Å². The Morgan fingerprint density at radius 1 is 1.47 bits per heavy atom. The lowest BCUT2D eigenvalue weighted by Gasteiger charge is -1.92. The van der Waals surface area contributed by atoms with Gasteiger partial charge in [0.25, 0.3) is 0 Å². The van der Waals surface area contributed by atoms with Crippen molar-refractivity contribution in [3.63, 3.8) is 0 Å². The standard InChI is InChI=1S/C10H10N4OS2/c1-6-7(3-4-15-6)9-13-14-8(5-16-2)11-12-10(14)17-9/h3-4H,5H2,1-2H3. The minimum absolute atomic E-state index is 0.814. The molecule has 88 valence electrons. The van der Waals surface area contributed by atoms with Crippen molar-refractivity contribution in [3.05, 3.63) is 23.9 Å². The number of fused-ring (bicyclic) bond motifs is 1. The Kier molecular flexibility index (Phi) is 2.64. The lowest BCUT2D eigenvalue weighted by Crippen LogP contribution is -1.93. The minimum atomic E-state index is 0.814. The summed E-state index contributed by atoms with van der Waals surface area (Å²) in [6, 6.07) is 1.93. The first-order chi connectivity index (χ1) is 8.29. The molecule has 0 saturated heterocycles. The smallest absolute Gasteiger partial charge is 0.235 e. The molecule has 0 radical (unpaired) electrons. The van der Waals surface area contributed by atoms with E-state index in [1.807, 2.05) is 23.8 Å². The van der Waals surface area contributed by atoms with Gasteiger partial charge in [-0.05, 0) is 19.2 Å². The van der Waals surface area contributed by atoms with E-state index in [0.717, 1.165) is 32.9 Å². The van der Waals surface area contributed by atoms with Crippen molar-refractivity contribution in [3.8, 4) is 10.6 Å². The predicted molar refractivity (Wildman–Crippen MR) is 68.3 cm³/mol. The van der Waals surface area contributed by atoms with Crippen molar-refractivity contribution in [2.24, 2.45) is 0 Å². The second-order valence-corrected chi connectivity index (χ2v) is 5.36. The van der Waals surface area contributed by atoms with E-state index >= 15 is 0 Å². The molecule has 3 heterocycles. The summed E-state index contributed by atoms with van der Waals surface area (Å²) in [4.78, 5) is 0.824. The van der Waals surface area contributed by atoms with Crippen LogP contribution in [0.25, 0.3) is 15.5 Å². The molecule has 0 spiro atoms. The van der Waals surface area contributed by atoms with E-state index in [4.69, 9.17) is 4.42 Å². The third-order valence-electron chi connectivity index (χ3n) is 2.42. The lowest BCUT2D eigenvalue weighted by atomic mass is 10.3. The Bertz CT molecular complexity index is 654. The number of rotatable bonds is 3. The van der Waals surface area contributed by atoms with Crippen molar-refractivity contribution < 1.29 is 4.42 Å². The van der Waals surface area contributed by atoms with E-state index in [0.29, 0.717) is 0 Å². The molecule has 17 heavy (non-hydrogen) atoms. The zero-order valence-corrected chi connectivity index (χ0v) is 11.0. The summed E-state index contributed by atoms with van der Waals surface area (Å²) in [6.45, 7) is 1.93. The Labute approximate surface area is 106 Å². The molecule has 0 fully saturated rings. The normalized spacial score (nSPS) is 11.4. The van der Waals surface area contributed by atoms with Crippen LogP contribution in [0.1, 0.15) is 11.6 Å². The second-order valence-electron chi connectivity index (χ2n) is 3.54. The number of thioether (sulfide) groups is 1. The first-order valence-electron chi connectivity index (χ1n) is 5.04. The van der Waals surface area contributed by atoms with Gasteiger partial charge in [0.1, 0.15) is 5.76 Å². The van der Waals surface area contributed by atoms with Crippen LogP contribution in [0, 0.1) is 6.92 Å². The van der Waals surface area contributed by atoms with Crippen LogP contribution in [-0.2, 0) is 5.75 Å². The molecule has 3 rings (SSSR count). The number of hydrogen-bond donors (Lipinski definition) is 0. The van der Waals surface area contributed by atoms with Crippen molar-refractivity contribution in [1.82, 2.24) is 19.8 Å². The maximum absolute atomic E-state index is 5.29. The van der Waals surface area contributed by atoms with E-state index < -0.39 is 0 Å². The van der Waals surface area contributed by atoms with Gasteiger partial charge in [0.05, 0.1) is 17.6 Å². The largest absolute Gasteiger partial charge is 0.469 e. The molecule has 7 heteroatoms. The van der Waals surface area contributed by atoms with Gasteiger partial charge in [0.2, 0.25) is 4.96 Å². The van der Waals surface area contributed by atoms with Crippen LogP contribution in [0.5, 0.6) is 0 Å². The van der Waals surface area contributed by atoms with Gasteiger partial charge in [-0.15, -0.1) is 10.2 Å². The fraction of sp³-hybridized carbons (Fsp3) is 0.300. The molecule has 0 saturated carbocycles. The third kappa shape index (κ3) is 1.75. The van der Waals surface area contributed by atoms with Crippen LogP contribution in [0.2, 0.25) is 0 Å². The molecule has 0 bridgehead atoms. The summed E-state index contributed by atoms with van der Waals surface area (Å²) in [7, 11) is 0. The summed E-state index contributed by atoms with van der Waals surface area (Å²) in [6.07, 6.45) is 3.71. The van der Waals surface area contributed by atoms with Gasteiger partial charge in [-0.25, -0.2) is 0 Å². The third-order valence-corrected chi connectivity index (χ3v) is 3.90. The maximum Gasteiger partial charge on any atom is 0.235 e. The monoisotopic (exact) mass is 266 g/mol. The first-order valence-corrected chi connectivity index (χ1v) is 7.25. The Morgan fingerprint density at radius 3 is 3.06 bits per heavy atom. The number of aryl methyl sites for hydroxylation is 1. The Balaban J connectivity index is 2.11. The molecular formula is C10H10N4OS2. The van der Waals surface area contributed by atoms with Crippen LogP contribution in [0.3, 0.4) is 0 Å². The van der Waals surface area contributed by atoms with E-state index in [1.165, 1.54) is 11.3 Å². The highest BCUT2D eigenvalue weighted by Crippen LogP contribution is 2.28. The molecule has 3 aromatic heterocycles. The first kappa shape index (κ1) is 10.8. The number of aromatic nitrogens is 4. The van der Waals surface area contributed by atoms with Gasteiger partial charge < -0.3 is 4.42 Å². The van der Waals surface area contributed by atoms with E-state index in [1.54, 1.807) is 18.0 Å². The van der Waals surface area contributed by atoms with Crippen molar-refractivity contribution >= 4 is 28.1 Å². The minimum Gasteiger partial charge on any atom is -0.469 e. The van der Waals surface area contributed by atoms with E-state index in [2.05, 4.69) is 15.3 Å². The molecule has 0 unspecified atom stereocenters. The molecule has 5 nitrogen and oxygen atoms in total. The van der Waals surface area contributed by atoms with E-state index in [-0.39, 0.29) is 0 Å². The molecule has 0 atom stereocenters. The average molecular weight is 266 g/mol. The highest BCUT2D eigenvalue weighted by molar-refractivity contribution is 7.97. The summed E-state index contributed by atoms with van der Waals surface area (Å²) in [5.41, 5.74) is 1.02. The molecule has 3 aromatic rings. The number of hydrogen-bond acceptors (Lipinski definition) is 6. The second kappa shape index (κ2) is 4.15. The highest BCUT2D eigenvalue weighted by atomic mass is 32.2. The Hall–Kier alpha value is -1.34. The fourth-order valence-corrected chi connectivity index (χ4v) is 2.96. The van der Waals surface area contributed by atoms with Crippen molar-refractivity contribution in [2.75, 3.05) is 6.26 Å². The van der Waals surface area contributed by atoms with E-state index in [9.17, 15) is 0 Å². The molecule has 0 aromatic carbocycles. The summed E-state index contributed by atoms with van der Waals surface area (Å²) >= 11 is 3.23. The van der Waals surface area contributed by atoms with Gasteiger partial charge in [-0.3, -0.25) is 0 Å². The molecule has 0 aliphatic carbocycles. The van der Waals surface area contributed by atoms with Gasteiger partial charge >= 0.3 is 0 Å². The zero-order valence-electron chi connectivity index (χ0n) is 9.38. The highest BCUT2D eigenvalue weighted by Gasteiger charge is 2.14. The van der Waals surface area contributed by atoms with Crippen molar-refractivity contribution in [1.29, 1.82) is 0 Å². The van der Waals surface area contributed by atoms with Crippen molar-refractivity contribution in [2.45, 2.75) is 12.7 Å². The van der Waals surface area contributed by atoms with Crippen LogP contribution < -0.4 is 0 Å². The number of nitrogens with zero attached hydrogens (tertiary/aromatic N) is 4. The topological polar surface area (TPSA) is 56.2 Å². The summed E-state index contributed by atoms with van der Waals surface area (Å²) in [5.74, 6) is 2.58. The number of furan rings is 1. The van der Waals surface area contributed by atoms with Crippen LogP contribution in [0.15, 0.2) is 16.7 Å². The quantitative estimate of drug-likeness (QED) is 0.729. The fourth-order valence-electron chi connectivity index (χ4n) is 1.59. The van der Waals surface area contributed by atoms with Gasteiger partial charge in [-0.2, -0.15) is 21.4 Å². The molecule has 0 aliphatic heterocycles. The molecule has 0 aliphatic rings. The summed E-state index contributed by atoms with van der Waals surface area (Å²) in [5, 5.41) is 13.7. The van der Waals surface area contributed by atoms with Gasteiger partial charge in [-0.1, -0.05) is 11.3 Å². The summed E-state index contributed by atoms with van der Waals surface area (Å²) < 4.78 is 7.09. The predicted octanol–water partition coefficient (Wildman–Crippen LogP) is 2.62. The maximum atomic E-state index is 5.29. The lowest BCUT2D eigenvalue weighted by molar-refractivity contribution is 0.535. The van der Waals surface area contributed by atoms with Gasteiger partial charge in [0, 0.05) is 0 Å². The van der Waals surface area contributed by atoms with Crippen LogP contribution >= 0.6 is 23.1 Å². The average Bonchev–Trinajstić information content (AvgIpc) is 2.95. The zero-order chi connectivity index (χ0) is 11.8. The van der Waals surface area contributed by atoms with Crippen LogP contribution in [0.4, 0.5) is 0 Å². The van der Waals surface area contributed by atoms with Crippen LogP contribution in [-0.4, -0.2) is 26.1 Å². The molecule has 0 N–H and O–H groups in total.